The summed E-state index contributed by atoms with van der Waals surface area (Å²) >= 11 is 16.4. The number of rotatable bonds is 11. The summed E-state index contributed by atoms with van der Waals surface area (Å²) < 4.78 is 26.0. The maximum Gasteiger partial charge on any atom is 0.320 e. The zero-order chi connectivity index (χ0) is 26.3. The summed E-state index contributed by atoms with van der Waals surface area (Å²) in [5, 5.41) is 20.4. The highest BCUT2D eigenvalue weighted by molar-refractivity contribution is 7.92. The Morgan fingerprint density at radius 2 is 1.83 bits per heavy atom. The second-order valence-electron chi connectivity index (χ2n) is 7.56. The number of carboxylic acid groups (broad SMARTS) is 1. The van der Waals surface area contributed by atoms with Crippen molar-refractivity contribution in [3.05, 3.63) is 52.0 Å². The van der Waals surface area contributed by atoms with Crippen molar-refractivity contribution >= 4 is 69.2 Å². The van der Waals surface area contributed by atoms with Crippen LogP contribution in [0.3, 0.4) is 0 Å². The van der Waals surface area contributed by atoms with E-state index >= 15 is 0 Å². The zero-order valence-electron chi connectivity index (χ0n) is 18.4. The molecule has 0 saturated carbocycles. The number of nitrogens with two attached hydrogens (primary N) is 2. The van der Waals surface area contributed by atoms with Gasteiger partial charge in [-0.2, -0.15) is 0 Å². The first kappa shape index (κ1) is 28.7. The second kappa shape index (κ2) is 12.5. The Hall–Kier alpha value is -2.51. The van der Waals surface area contributed by atoms with Crippen molar-refractivity contribution in [1.29, 1.82) is 5.41 Å². The van der Waals surface area contributed by atoms with Crippen LogP contribution < -0.4 is 16.8 Å². The lowest BCUT2D eigenvalue weighted by atomic mass is 10.1. The molecule has 0 aliphatic rings. The number of carbonyl (C=O) groups is 2. The van der Waals surface area contributed by atoms with E-state index in [9.17, 15) is 18.0 Å². The Bertz CT molecular complexity index is 1210. The van der Waals surface area contributed by atoms with Crippen LogP contribution >= 0.6 is 35.8 Å². The molecule has 1 unspecified atom stereocenters. The van der Waals surface area contributed by atoms with Crippen molar-refractivity contribution in [3.8, 4) is 0 Å². The highest BCUT2D eigenvalue weighted by Gasteiger charge is 2.27. The molecule has 2 rings (SSSR count). The summed E-state index contributed by atoms with van der Waals surface area (Å²) in [7, 11) is -4.16. The fourth-order valence-electron chi connectivity index (χ4n) is 3.12. The minimum absolute atomic E-state index is 0.0193. The van der Waals surface area contributed by atoms with Crippen LogP contribution in [0, 0.1) is 5.41 Å². The molecule has 35 heavy (non-hydrogen) atoms. The van der Waals surface area contributed by atoms with Crippen molar-refractivity contribution in [2.75, 3.05) is 17.6 Å². The molecule has 1 amide bonds. The Labute approximate surface area is 218 Å². The average molecular weight is 563 g/mol. The van der Waals surface area contributed by atoms with Gasteiger partial charge in [0, 0.05) is 33.7 Å². The fourth-order valence-corrected chi connectivity index (χ4v) is 5.66. The van der Waals surface area contributed by atoms with Crippen molar-refractivity contribution in [3.63, 3.8) is 0 Å². The first-order chi connectivity index (χ1) is 16.3. The van der Waals surface area contributed by atoms with Gasteiger partial charge in [0.05, 0.1) is 4.90 Å². The molecule has 0 aliphatic heterocycles. The van der Waals surface area contributed by atoms with E-state index < -0.39 is 39.5 Å². The number of anilines is 1. The van der Waals surface area contributed by atoms with Crippen LogP contribution in [-0.2, 0) is 26.0 Å². The normalized spacial score (nSPS) is 12.1. The van der Waals surface area contributed by atoms with Gasteiger partial charge in [0.1, 0.15) is 11.8 Å². The van der Waals surface area contributed by atoms with Crippen LogP contribution in [0.1, 0.15) is 18.4 Å². The van der Waals surface area contributed by atoms with E-state index in [1.165, 1.54) is 12.1 Å². The number of halogens is 2. The van der Waals surface area contributed by atoms with Crippen LogP contribution in [0.5, 0.6) is 0 Å². The van der Waals surface area contributed by atoms with E-state index in [1.54, 1.807) is 24.3 Å². The van der Waals surface area contributed by atoms with Crippen LogP contribution in [0.25, 0.3) is 0 Å². The van der Waals surface area contributed by atoms with Gasteiger partial charge >= 0.3 is 5.97 Å². The number of hydrogen-bond acceptors (Lipinski definition) is 8. The molecule has 14 heteroatoms. The van der Waals surface area contributed by atoms with Crippen molar-refractivity contribution in [2.45, 2.75) is 35.2 Å². The van der Waals surface area contributed by atoms with E-state index in [2.05, 4.69) is 17.9 Å². The van der Waals surface area contributed by atoms with Gasteiger partial charge in [0.15, 0.2) is 15.8 Å². The molecule has 0 fully saturated rings. The number of thiol groups is 1. The number of hydrogen-bond donors (Lipinski definition) is 6. The molecule has 10 nitrogen and oxygen atoms in total. The summed E-state index contributed by atoms with van der Waals surface area (Å²) in [5.41, 5.74) is 12.0. The molecule has 0 aliphatic carbocycles. The van der Waals surface area contributed by atoms with E-state index in [0.717, 1.165) is 10.5 Å². The Morgan fingerprint density at radius 1 is 1.20 bits per heavy atom. The molecular weight excluding hydrogens is 537 g/mol. The lowest BCUT2D eigenvalue weighted by molar-refractivity contribution is -0.138. The van der Waals surface area contributed by atoms with Gasteiger partial charge in [0.25, 0.3) is 0 Å². The standard InChI is InChI=1S/C21H25Cl2N5O5S2/c22-13-7-12(8-14(23)9-13)10-27-16-4-1-5-17(19(16)34)35(32,33)11-18(29)28(21(25)26)6-2-3-15(24)20(30)31/h1,4-5,7-9,15,27,34H,2-3,6,10-11,24H2,(H3,25,26)(H,30,31). The van der Waals surface area contributed by atoms with E-state index in [1.807, 2.05) is 0 Å². The highest BCUT2D eigenvalue weighted by atomic mass is 35.5. The monoisotopic (exact) mass is 561 g/mol. The lowest BCUT2D eigenvalue weighted by Crippen LogP contribution is -2.45. The van der Waals surface area contributed by atoms with Gasteiger partial charge in [-0.3, -0.25) is 19.9 Å². The number of nitrogens with one attached hydrogen (secondary N) is 2. The number of carboxylic acids is 1. The number of nitrogens with zero attached hydrogens (tertiary/aromatic N) is 1. The summed E-state index contributed by atoms with van der Waals surface area (Å²) in [6.07, 6.45) is 0.134. The molecule has 7 N–H and O–H groups in total. The van der Waals surface area contributed by atoms with Crippen LogP contribution in [0.2, 0.25) is 10.0 Å². The van der Waals surface area contributed by atoms with Crippen LogP contribution in [-0.4, -0.2) is 54.6 Å². The molecule has 2 aromatic rings. The van der Waals surface area contributed by atoms with Gasteiger partial charge in [0.2, 0.25) is 5.91 Å². The molecule has 0 saturated heterocycles. The lowest BCUT2D eigenvalue weighted by Gasteiger charge is -2.21. The average Bonchev–Trinajstić information content (AvgIpc) is 2.74. The molecule has 190 valence electrons. The first-order valence-corrected chi connectivity index (χ1v) is 13.0. The van der Waals surface area contributed by atoms with Gasteiger partial charge in [-0.15, -0.1) is 12.6 Å². The van der Waals surface area contributed by atoms with E-state index in [4.69, 9.17) is 45.2 Å². The third-order valence-electron chi connectivity index (χ3n) is 4.86. The second-order valence-corrected chi connectivity index (χ2v) is 10.8. The summed E-state index contributed by atoms with van der Waals surface area (Å²) in [4.78, 5) is 24.2. The van der Waals surface area contributed by atoms with Gasteiger partial charge in [-0.1, -0.05) is 29.3 Å². The molecule has 0 aromatic heterocycles. The maximum absolute atomic E-state index is 13.0. The SMILES string of the molecule is N=C(N)N(CCCC(N)C(=O)O)C(=O)CS(=O)(=O)c1cccc(NCc2cc(Cl)cc(Cl)c2)c1S. The number of benzene rings is 2. The minimum atomic E-state index is -4.16. The molecule has 0 radical (unpaired) electrons. The number of carbonyl (C=O) groups excluding carboxylic acids is 1. The van der Waals surface area contributed by atoms with Crippen molar-refractivity contribution in [2.24, 2.45) is 11.5 Å². The summed E-state index contributed by atoms with van der Waals surface area (Å²) in [6.45, 7) is 0.134. The minimum Gasteiger partial charge on any atom is -0.480 e. The summed E-state index contributed by atoms with van der Waals surface area (Å²) in [5.74, 6) is -3.75. The Balaban J connectivity index is 2.14. The topological polar surface area (TPSA) is 180 Å². The molecule has 0 spiro atoms. The zero-order valence-corrected chi connectivity index (χ0v) is 21.6. The van der Waals surface area contributed by atoms with E-state index in [0.29, 0.717) is 15.7 Å². The number of amides is 1. The van der Waals surface area contributed by atoms with Crippen molar-refractivity contribution in [1.82, 2.24) is 4.90 Å². The molecule has 0 heterocycles. The van der Waals surface area contributed by atoms with Gasteiger partial charge in [-0.25, -0.2) is 8.42 Å². The predicted octanol–water partition coefficient (Wildman–Crippen LogP) is 2.58. The third kappa shape index (κ3) is 8.29. The third-order valence-corrected chi connectivity index (χ3v) is 7.57. The number of guanidine groups is 1. The van der Waals surface area contributed by atoms with Crippen molar-refractivity contribution < 1.29 is 23.1 Å². The Morgan fingerprint density at radius 3 is 2.40 bits per heavy atom. The quantitative estimate of drug-likeness (QED) is 0.137. The van der Waals surface area contributed by atoms with Crippen LogP contribution in [0.15, 0.2) is 46.2 Å². The molecule has 1 atom stereocenters. The maximum atomic E-state index is 13.0. The van der Waals surface area contributed by atoms with E-state index in [-0.39, 0.29) is 35.7 Å². The largest absolute Gasteiger partial charge is 0.480 e. The highest BCUT2D eigenvalue weighted by Crippen LogP contribution is 2.29. The first-order valence-electron chi connectivity index (χ1n) is 10.2. The fraction of sp³-hybridized carbons (Fsp3) is 0.286. The number of aliphatic carboxylic acids is 1. The predicted molar refractivity (Wildman–Crippen MR) is 138 cm³/mol. The smallest absolute Gasteiger partial charge is 0.320 e. The molecule has 0 bridgehead atoms. The van der Waals surface area contributed by atoms with Crippen LogP contribution in [0.4, 0.5) is 5.69 Å². The summed E-state index contributed by atoms with van der Waals surface area (Å²) in [6, 6.07) is 8.30. The Kier molecular flexibility index (Phi) is 10.2. The number of sulfone groups is 1. The van der Waals surface area contributed by atoms with Gasteiger partial charge in [-0.05, 0) is 48.7 Å². The van der Waals surface area contributed by atoms with Gasteiger partial charge < -0.3 is 21.9 Å². The molecule has 2 aromatic carbocycles. The molecular formula is C21H25Cl2N5O5S2.